The lowest BCUT2D eigenvalue weighted by atomic mass is 9.84. The highest BCUT2D eigenvalue weighted by atomic mass is 16.6. The monoisotopic (exact) mass is 587 g/mol. The number of carbonyl (C=O) groups excluding carboxylic acids is 4. The van der Waals surface area contributed by atoms with E-state index in [-0.39, 0.29) is 79.6 Å². The maximum absolute atomic E-state index is 12.8. The number of ether oxygens (including phenoxy) is 5. The molecule has 42 heavy (non-hydrogen) atoms. The number of hydrogen-bond donors (Lipinski definition) is 4. The van der Waals surface area contributed by atoms with Crippen LogP contribution in [0.5, 0.6) is 11.5 Å². The van der Waals surface area contributed by atoms with Crippen LogP contribution in [-0.4, -0.2) is 86.7 Å². The Kier molecular flexibility index (Phi) is 9.86. The molecule has 3 amide bonds. The number of aromatic hydroxyl groups is 1. The van der Waals surface area contributed by atoms with Crippen molar-refractivity contribution in [3.05, 3.63) is 41.5 Å². The second-order valence-electron chi connectivity index (χ2n) is 10.5. The lowest BCUT2D eigenvalue weighted by Crippen LogP contribution is -2.31. The number of fused-ring (bicyclic) bond motifs is 3. The van der Waals surface area contributed by atoms with E-state index < -0.39 is 23.5 Å². The first kappa shape index (κ1) is 31.0. The molecule has 0 radical (unpaired) electrons. The molecule has 2 aliphatic heterocycles. The average Bonchev–Trinajstić information content (AvgIpc) is 3.54. The summed E-state index contributed by atoms with van der Waals surface area (Å²) in [6, 6.07) is 2.77. The first-order chi connectivity index (χ1) is 20.1. The van der Waals surface area contributed by atoms with Crippen molar-refractivity contribution in [2.24, 2.45) is 11.7 Å². The number of esters is 1. The van der Waals surface area contributed by atoms with Crippen molar-refractivity contribution < 1.29 is 48.0 Å². The normalized spacial score (nSPS) is 26.1. The largest absolute Gasteiger partial charge is 0.505 e. The number of rotatable bonds is 12. The van der Waals surface area contributed by atoms with Gasteiger partial charge >= 0.3 is 5.97 Å². The summed E-state index contributed by atoms with van der Waals surface area (Å²) >= 11 is 0. The molecular weight excluding hydrogens is 550 g/mol. The smallest absolute Gasteiger partial charge is 0.334 e. The standard InChI is InChI=1S/C29H37N3O10/c1-16-18-7-6-17(5-4-10-29(2)25(42-29)24(18)41-28(16)37)27(36)31-11-12-39-13-14-40-15-21(33)32-19-8-9-20(38-3)22(23(19)34)26(30)35/h5,8-9,18,24-25,34H,1,4,6-7,10-15H2,2-3H3,(H2,30,35)(H,31,36)(H,32,33)/b17-5+/t18-,24-,25-,29+/m0/s1. The zero-order valence-electron chi connectivity index (χ0n) is 23.7. The van der Waals surface area contributed by atoms with Crippen LogP contribution in [0.4, 0.5) is 5.69 Å². The Bertz CT molecular complexity index is 1280. The third kappa shape index (κ3) is 7.09. The topological polar surface area (TPSA) is 188 Å². The van der Waals surface area contributed by atoms with Gasteiger partial charge in [-0.25, -0.2) is 4.79 Å². The summed E-state index contributed by atoms with van der Waals surface area (Å²) in [4.78, 5) is 48.7. The minimum absolute atomic E-state index is 0.00939. The van der Waals surface area contributed by atoms with E-state index in [2.05, 4.69) is 17.2 Å². The fourth-order valence-corrected chi connectivity index (χ4v) is 5.27. The van der Waals surface area contributed by atoms with Crippen LogP contribution in [0.3, 0.4) is 0 Å². The summed E-state index contributed by atoms with van der Waals surface area (Å²) < 4.78 is 27.2. The molecule has 1 aliphatic carbocycles. The van der Waals surface area contributed by atoms with Gasteiger partial charge in [-0.15, -0.1) is 0 Å². The SMILES string of the molecule is C=C1C(=O)O[C@H]2[C@H]1CC/C(C(=O)NCCOCCOCC(=O)Nc1ccc(OC)c(C(N)=O)c1O)=C\CC[C@@]1(C)O[C@@H]21. The third-order valence-corrected chi connectivity index (χ3v) is 7.65. The van der Waals surface area contributed by atoms with E-state index in [9.17, 15) is 24.3 Å². The summed E-state index contributed by atoms with van der Waals surface area (Å²) in [5.74, 6) is -2.65. The van der Waals surface area contributed by atoms with Crippen LogP contribution in [0.25, 0.3) is 0 Å². The lowest BCUT2D eigenvalue weighted by molar-refractivity contribution is -0.140. The molecule has 0 aromatic heterocycles. The van der Waals surface area contributed by atoms with Crippen molar-refractivity contribution in [1.29, 1.82) is 0 Å². The number of nitrogens with two attached hydrogens (primary N) is 1. The minimum atomic E-state index is -0.903. The van der Waals surface area contributed by atoms with Crippen molar-refractivity contribution in [1.82, 2.24) is 5.32 Å². The molecule has 13 heteroatoms. The van der Waals surface area contributed by atoms with Gasteiger partial charge in [0.15, 0.2) is 5.75 Å². The quantitative estimate of drug-likeness (QED) is 0.0913. The fraction of sp³-hybridized carbons (Fsp3) is 0.517. The summed E-state index contributed by atoms with van der Waals surface area (Å²) in [5, 5.41) is 15.5. The predicted octanol–water partition coefficient (Wildman–Crippen LogP) is 1.34. The van der Waals surface area contributed by atoms with Crippen molar-refractivity contribution >= 4 is 29.4 Å². The number of primary amides is 1. The Morgan fingerprint density at radius 2 is 1.98 bits per heavy atom. The van der Waals surface area contributed by atoms with Gasteiger partial charge in [0.1, 0.15) is 30.1 Å². The van der Waals surface area contributed by atoms with Gasteiger partial charge in [-0.05, 0) is 44.7 Å². The van der Waals surface area contributed by atoms with Crippen molar-refractivity contribution in [2.75, 3.05) is 45.4 Å². The molecule has 0 spiro atoms. The molecule has 2 fully saturated rings. The summed E-state index contributed by atoms with van der Waals surface area (Å²) in [5.41, 5.74) is 5.73. The number of carbonyl (C=O) groups is 4. The molecule has 0 bridgehead atoms. The maximum atomic E-state index is 12.8. The van der Waals surface area contributed by atoms with Crippen LogP contribution >= 0.6 is 0 Å². The Morgan fingerprint density at radius 1 is 1.21 bits per heavy atom. The lowest BCUT2D eigenvalue weighted by Gasteiger charge is -2.19. The molecule has 2 saturated heterocycles. The Balaban J connectivity index is 1.13. The second-order valence-corrected chi connectivity index (χ2v) is 10.5. The van der Waals surface area contributed by atoms with E-state index >= 15 is 0 Å². The first-order valence-corrected chi connectivity index (χ1v) is 13.8. The molecule has 13 nitrogen and oxygen atoms in total. The number of benzene rings is 1. The van der Waals surface area contributed by atoms with E-state index in [1.54, 1.807) is 0 Å². The van der Waals surface area contributed by atoms with Crippen LogP contribution in [-0.2, 0) is 33.3 Å². The van der Waals surface area contributed by atoms with E-state index in [4.69, 9.17) is 29.4 Å². The fourth-order valence-electron chi connectivity index (χ4n) is 5.27. The highest BCUT2D eigenvalue weighted by Crippen LogP contribution is 2.49. The van der Waals surface area contributed by atoms with Crippen LogP contribution in [0.15, 0.2) is 35.9 Å². The molecule has 1 aromatic carbocycles. The van der Waals surface area contributed by atoms with Gasteiger partial charge in [-0.2, -0.15) is 0 Å². The number of epoxide rings is 1. The molecule has 5 N–H and O–H groups in total. The molecule has 4 rings (SSSR count). The van der Waals surface area contributed by atoms with Gasteiger partial charge in [0, 0.05) is 23.6 Å². The predicted molar refractivity (Wildman–Crippen MR) is 149 cm³/mol. The molecule has 0 saturated carbocycles. The van der Waals surface area contributed by atoms with Gasteiger partial charge in [-0.3, -0.25) is 14.4 Å². The summed E-state index contributed by atoms with van der Waals surface area (Å²) in [7, 11) is 1.32. The van der Waals surface area contributed by atoms with Gasteiger partial charge in [0.05, 0.1) is 38.2 Å². The van der Waals surface area contributed by atoms with Gasteiger partial charge < -0.3 is 45.2 Å². The average molecular weight is 588 g/mol. The molecule has 3 aliphatic rings. The number of nitrogens with one attached hydrogen (secondary N) is 2. The van der Waals surface area contributed by atoms with E-state index in [1.165, 1.54) is 19.2 Å². The zero-order valence-corrected chi connectivity index (χ0v) is 23.7. The molecule has 1 aromatic rings. The van der Waals surface area contributed by atoms with Crippen molar-refractivity contribution in [2.45, 2.75) is 50.4 Å². The number of methoxy groups -OCH3 is 1. The van der Waals surface area contributed by atoms with Crippen LogP contribution in [0, 0.1) is 5.92 Å². The van der Waals surface area contributed by atoms with E-state index in [1.807, 2.05) is 13.0 Å². The molecule has 0 unspecified atom stereocenters. The van der Waals surface area contributed by atoms with Gasteiger partial charge in [0.2, 0.25) is 11.8 Å². The Hall–Kier alpha value is -3.94. The van der Waals surface area contributed by atoms with E-state index in [0.29, 0.717) is 30.4 Å². The minimum Gasteiger partial charge on any atom is -0.505 e. The Labute approximate surface area is 243 Å². The third-order valence-electron chi connectivity index (χ3n) is 7.65. The second kappa shape index (κ2) is 13.4. The Morgan fingerprint density at radius 3 is 2.71 bits per heavy atom. The molecule has 2 heterocycles. The highest BCUT2D eigenvalue weighted by molar-refractivity contribution is 6.02. The van der Waals surface area contributed by atoms with E-state index in [0.717, 1.165) is 6.42 Å². The molecule has 4 atom stereocenters. The van der Waals surface area contributed by atoms with Gasteiger partial charge in [0.25, 0.3) is 5.91 Å². The van der Waals surface area contributed by atoms with Crippen molar-refractivity contribution in [3.8, 4) is 11.5 Å². The van der Waals surface area contributed by atoms with Gasteiger partial charge in [-0.1, -0.05) is 12.7 Å². The highest BCUT2D eigenvalue weighted by Gasteiger charge is 2.61. The number of anilines is 1. The molecular formula is C29H37N3O10. The molecule has 228 valence electrons. The first-order valence-electron chi connectivity index (χ1n) is 13.8. The summed E-state index contributed by atoms with van der Waals surface area (Å²) in [6.45, 7) is 6.39. The number of hydrogen-bond acceptors (Lipinski definition) is 10. The number of allylic oxidation sites excluding steroid dienone is 1. The van der Waals surface area contributed by atoms with Crippen LogP contribution < -0.4 is 21.1 Å². The maximum Gasteiger partial charge on any atom is 0.334 e. The van der Waals surface area contributed by atoms with Crippen LogP contribution in [0.2, 0.25) is 0 Å². The number of amides is 3. The summed E-state index contributed by atoms with van der Waals surface area (Å²) in [6.07, 6.45) is 3.88. The zero-order chi connectivity index (χ0) is 30.4. The van der Waals surface area contributed by atoms with Crippen LogP contribution in [0.1, 0.15) is 43.0 Å². The number of phenols is 1. The van der Waals surface area contributed by atoms with Crippen molar-refractivity contribution in [3.63, 3.8) is 0 Å².